The van der Waals surface area contributed by atoms with Crippen LogP contribution in [0, 0.1) is 32.1 Å². The standard InChI is InChI=1S/C22H38N8O8/c1-13(25-27-17(23)31)15-11-21(29(35)36,7-5-19(15,3)33)9-10-22(30(37)38)8-6-20(4,34)16(12-22)14(2)26-28-18(24)32/h15-16,33-34H,5-12H2,1-4H3,(H3,23,27,31)(H3,24,28,32)/b25-13-,26-14-. The summed E-state index contributed by atoms with van der Waals surface area (Å²) in [6.45, 7) is 6.08. The highest BCUT2D eigenvalue weighted by Crippen LogP contribution is 2.48. The zero-order valence-corrected chi connectivity index (χ0v) is 22.1. The van der Waals surface area contributed by atoms with Crippen LogP contribution in [0.3, 0.4) is 0 Å². The number of primary amides is 2. The van der Waals surface area contributed by atoms with Gasteiger partial charge in [0.15, 0.2) is 0 Å². The van der Waals surface area contributed by atoms with Gasteiger partial charge in [-0.25, -0.2) is 20.4 Å². The molecular weight excluding hydrogens is 504 g/mol. The van der Waals surface area contributed by atoms with Gasteiger partial charge in [0.25, 0.3) is 0 Å². The van der Waals surface area contributed by atoms with Crippen LogP contribution in [0.25, 0.3) is 0 Å². The van der Waals surface area contributed by atoms with E-state index in [-0.39, 0.29) is 62.8 Å². The summed E-state index contributed by atoms with van der Waals surface area (Å²) in [6.07, 6.45) is -0.578. The summed E-state index contributed by atoms with van der Waals surface area (Å²) in [7, 11) is 0. The molecule has 2 aliphatic rings. The first kappa shape index (κ1) is 30.8. The number of nitrogens with zero attached hydrogens (tertiary/aromatic N) is 4. The molecule has 2 aliphatic carbocycles. The monoisotopic (exact) mass is 542 g/mol. The number of hydrazone groups is 2. The lowest BCUT2D eigenvalue weighted by Gasteiger charge is -2.45. The van der Waals surface area contributed by atoms with Crippen LogP contribution in [0.1, 0.15) is 79.1 Å². The Hall–Kier alpha value is -3.40. The van der Waals surface area contributed by atoms with Crippen molar-refractivity contribution in [3.05, 3.63) is 20.2 Å². The topological polar surface area (TPSA) is 262 Å². The van der Waals surface area contributed by atoms with Gasteiger partial charge in [-0.2, -0.15) is 10.2 Å². The molecule has 214 valence electrons. The lowest BCUT2D eigenvalue weighted by Crippen LogP contribution is -2.57. The molecule has 0 aliphatic heterocycles. The van der Waals surface area contributed by atoms with E-state index in [2.05, 4.69) is 21.1 Å². The first-order valence-electron chi connectivity index (χ1n) is 12.3. The van der Waals surface area contributed by atoms with Crippen molar-refractivity contribution < 1.29 is 29.6 Å². The van der Waals surface area contributed by atoms with E-state index >= 15 is 0 Å². The number of hydrogen-bond acceptors (Lipinski definition) is 10. The highest BCUT2D eigenvalue weighted by Gasteiger charge is 2.59. The molecule has 0 spiro atoms. The minimum absolute atomic E-state index is 0.0159. The van der Waals surface area contributed by atoms with Crippen LogP contribution >= 0.6 is 0 Å². The number of nitro groups is 2. The number of aliphatic hydroxyl groups is 2. The van der Waals surface area contributed by atoms with Crippen molar-refractivity contribution >= 4 is 23.5 Å². The van der Waals surface area contributed by atoms with Gasteiger partial charge in [-0.05, 0) is 40.5 Å². The molecule has 2 saturated carbocycles. The molecule has 16 heteroatoms. The zero-order chi connectivity index (χ0) is 29.1. The van der Waals surface area contributed by atoms with Crippen LogP contribution < -0.4 is 22.3 Å². The third kappa shape index (κ3) is 6.72. The summed E-state index contributed by atoms with van der Waals surface area (Å²) in [6, 6.07) is -1.86. The number of nitrogens with two attached hydrogens (primary N) is 2. The average Bonchev–Trinajstić information content (AvgIpc) is 2.80. The van der Waals surface area contributed by atoms with Crippen LogP contribution in [0.5, 0.6) is 0 Å². The van der Waals surface area contributed by atoms with Gasteiger partial charge in [0, 0.05) is 71.6 Å². The van der Waals surface area contributed by atoms with Gasteiger partial charge in [-0.15, -0.1) is 0 Å². The molecule has 2 fully saturated rings. The molecule has 2 rings (SSSR count). The Kier molecular flexibility index (Phi) is 9.04. The van der Waals surface area contributed by atoms with Crippen molar-refractivity contribution in [2.75, 3.05) is 0 Å². The van der Waals surface area contributed by atoms with Gasteiger partial charge < -0.3 is 21.7 Å². The largest absolute Gasteiger partial charge is 0.389 e. The highest BCUT2D eigenvalue weighted by molar-refractivity contribution is 5.87. The molecule has 0 aromatic rings. The van der Waals surface area contributed by atoms with Crippen molar-refractivity contribution in [3.8, 4) is 0 Å². The van der Waals surface area contributed by atoms with Crippen LogP contribution in [-0.4, -0.2) is 65.8 Å². The lowest BCUT2D eigenvalue weighted by atomic mass is 9.61. The van der Waals surface area contributed by atoms with E-state index in [9.17, 15) is 40.0 Å². The van der Waals surface area contributed by atoms with E-state index < -0.39 is 56.0 Å². The van der Waals surface area contributed by atoms with Crippen molar-refractivity contribution in [2.24, 2.45) is 33.5 Å². The van der Waals surface area contributed by atoms with E-state index in [1.54, 1.807) is 0 Å². The normalized spacial score (nSPS) is 36.3. The maximum atomic E-state index is 12.4. The molecule has 8 N–H and O–H groups in total. The second kappa shape index (κ2) is 11.1. The van der Waals surface area contributed by atoms with E-state index in [4.69, 9.17) is 11.5 Å². The first-order valence-corrected chi connectivity index (χ1v) is 12.3. The predicted octanol–water partition coefficient (Wildman–Crippen LogP) is 0.988. The number of urea groups is 2. The van der Waals surface area contributed by atoms with Gasteiger partial charge in [0.2, 0.25) is 11.1 Å². The van der Waals surface area contributed by atoms with E-state index in [1.807, 2.05) is 0 Å². The molecule has 0 saturated heterocycles. The second-order valence-electron chi connectivity index (χ2n) is 11.1. The minimum atomic E-state index is -1.59. The number of rotatable bonds is 9. The molecule has 0 bridgehead atoms. The molecule has 6 unspecified atom stereocenters. The quantitative estimate of drug-likeness (QED) is 0.139. The molecule has 16 nitrogen and oxygen atoms in total. The van der Waals surface area contributed by atoms with E-state index in [0.29, 0.717) is 0 Å². The Morgan fingerprint density at radius 2 is 1.13 bits per heavy atom. The summed E-state index contributed by atoms with van der Waals surface area (Å²) < 4.78 is 0. The van der Waals surface area contributed by atoms with Crippen LogP contribution in [0.2, 0.25) is 0 Å². The second-order valence-corrected chi connectivity index (χ2v) is 11.1. The Morgan fingerprint density at radius 3 is 1.39 bits per heavy atom. The molecule has 0 aromatic carbocycles. The maximum Gasteiger partial charge on any atom is 0.332 e. The highest BCUT2D eigenvalue weighted by atomic mass is 16.6. The minimum Gasteiger partial charge on any atom is -0.389 e. The molecule has 6 atom stereocenters. The molecule has 0 radical (unpaired) electrons. The van der Waals surface area contributed by atoms with Crippen molar-refractivity contribution in [1.82, 2.24) is 10.9 Å². The molecule has 0 aromatic heterocycles. The predicted molar refractivity (Wildman–Crippen MR) is 136 cm³/mol. The SMILES string of the molecule is C/C(=N/NC(N)=O)C1CC(CCC2([N+](=O)[O-])CCC(C)(O)C(/C(C)=N\NC(N)=O)C2)([N+](=O)[O-])CCC1(C)O. The average molecular weight is 543 g/mol. The Labute approximate surface area is 219 Å². The number of hydrogen-bond donors (Lipinski definition) is 6. The van der Waals surface area contributed by atoms with E-state index in [1.165, 1.54) is 27.7 Å². The Balaban J connectivity index is 2.38. The smallest absolute Gasteiger partial charge is 0.332 e. The first-order chi connectivity index (χ1) is 17.4. The van der Waals surface area contributed by atoms with Crippen molar-refractivity contribution in [3.63, 3.8) is 0 Å². The molecular formula is C22H38N8O8. The summed E-state index contributed by atoms with van der Waals surface area (Å²) in [5, 5.41) is 54.4. The van der Waals surface area contributed by atoms with Gasteiger partial charge in [0.05, 0.1) is 11.2 Å². The number of amides is 4. The van der Waals surface area contributed by atoms with Crippen molar-refractivity contribution in [1.29, 1.82) is 0 Å². The summed E-state index contributed by atoms with van der Waals surface area (Å²) >= 11 is 0. The number of nitrogens with one attached hydrogen (secondary N) is 2. The summed E-state index contributed by atoms with van der Waals surface area (Å²) in [4.78, 5) is 46.1. The van der Waals surface area contributed by atoms with Gasteiger partial charge >= 0.3 is 12.1 Å². The van der Waals surface area contributed by atoms with Gasteiger partial charge in [-0.1, -0.05) is 0 Å². The van der Waals surface area contributed by atoms with Crippen LogP contribution in [0.15, 0.2) is 10.2 Å². The van der Waals surface area contributed by atoms with Crippen molar-refractivity contribution in [2.45, 2.75) is 101 Å². The zero-order valence-electron chi connectivity index (χ0n) is 22.1. The van der Waals surface area contributed by atoms with Gasteiger partial charge in [-0.3, -0.25) is 20.2 Å². The number of carbonyl (C=O) groups excluding carboxylic acids is 2. The fourth-order valence-corrected chi connectivity index (χ4v) is 5.80. The van der Waals surface area contributed by atoms with Crippen LogP contribution in [0.4, 0.5) is 9.59 Å². The van der Waals surface area contributed by atoms with Gasteiger partial charge in [0.1, 0.15) is 0 Å². The fourth-order valence-electron chi connectivity index (χ4n) is 5.80. The third-order valence-corrected chi connectivity index (χ3v) is 8.39. The molecule has 38 heavy (non-hydrogen) atoms. The Morgan fingerprint density at radius 1 is 0.816 bits per heavy atom. The molecule has 4 amide bonds. The van der Waals surface area contributed by atoms with E-state index in [0.717, 1.165) is 0 Å². The third-order valence-electron chi connectivity index (χ3n) is 8.39. The maximum absolute atomic E-state index is 12.4. The van der Waals surface area contributed by atoms with Crippen LogP contribution in [-0.2, 0) is 0 Å². The number of carbonyl (C=O) groups is 2. The summed E-state index contributed by atoms with van der Waals surface area (Å²) in [5.74, 6) is -1.62. The fraction of sp³-hybridized carbons (Fsp3) is 0.818. The Bertz CT molecular complexity index is 949. The lowest BCUT2D eigenvalue weighted by molar-refractivity contribution is -0.596. The summed E-state index contributed by atoms with van der Waals surface area (Å²) in [5.41, 5.74) is 8.83. The molecule has 0 heterocycles.